The van der Waals surface area contributed by atoms with Crippen molar-refractivity contribution in [1.29, 1.82) is 0 Å². The molecule has 4 aromatic rings. The number of nitrogens with zero attached hydrogens (tertiary/aromatic N) is 6. The van der Waals surface area contributed by atoms with Gasteiger partial charge < -0.3 is 5.32 Å². The topological polar surface area (TPSA) is 112 Å². The molecule has 9 heteroatoms. The van der Waals surface area contributed by atoms with Crippen LogP contribution >= 0.6 is 0 Å². The summed E-state index contributed by atoms with van der Waals surface area (Å²) in [6.45, 7) is 2.39. The van der Waals surface area contributed by atoms with Crippen molar-refractivity contribution in [3.8, 4) is 17.2 Å². The minimum absolute atomic E-state index is 0.00468. The first-order valence-electron chi connectivity index (χ1n) is 8.88. The van der Waals surface area contributed by atoms with Crippen LogP contribution in [0.3, 0.4) is 0 Å². The van der Waals surface area contributed by atoms with E-state index < -0.39 is 4.92 Å². The fraction of sp³-hybridized carbons (Fsp3) is 0.100. The number of pyridine rings is 1. The number of aromatic nitrogens is 5. The third-order valence-corrected chi connectivity index (χ3v) is 4.19. The molecule has 0 bridgehead atoms. The minimum Gasteiger partial charge on any atom is -0.366 e. The predicted molar refractivity (Wildman–Crippen MR) is 108 cm³/mol. The summed E-state index contributed by atoms with van der Waals surface area (Å²) >= 11 is 0. The van der Waals surface area contributed by atoms with Gasteiger partial charge in [-0.25, -0.2) is 19.6 Å². The Balaban J connectivity index is 1.55. The van der Waals surface area contributed by atoms with Gasteiger partial charge in [0, 0.05) is 54.6 Å². The fourth-order valence-electron chi connectivity index (χ4n) is 2.84. The van der Waals surface area contributed by atoms with Gasteiger partial charge in [0.25, 0.3) is 5.69 Å². The van der Waals surface area contributed by atoms with Crippen molar-refractivity contribution in [2.45, 2.75) is 13.5 Å². The second-order valence-electron chi connectivity index (χ2n) is 6.35. The van der Waals surface area contributed by atoms with E-state index in [0.717, 1.165) is 17.1 Å². The summed E-state index contributed by atoms with van der Waals surface area (Å²) in [7, 11) is 0. The van der Waals surface area contributed by atoms with Gasteiger partial charge in [0.2, 0.25) is 0 Å². The SMILES string of the molecule is Cc1cc(NCc2ccnc(-n3cccn3)c2)nc(-c2cccc([N+](=O)[O-])c2)n1. The van der Waals surface area contributed by atoms with Gasteiger partial charge in [-0.2, -0.15) is 5.10 Å². The van der Waals surface area contributed by atoms with Crippen molar-refractivity contribution in [1.82, 2.24) is 24.7 Å². The maximum atomic E-state index is 11.0. The average Bonchev–Trinajstić information content (AvgIpc) is 3.27. The maximum Gasteiger partial charge on any atom is 0.270 e. The molecule has 0 spiro atoms. The summed E-state index contributed by atoms with van der Waals surface area (Å²) in [5.74, 6) is 1.80. The molecule has 3 aromatic heterocycles. The molecule has 9 nitrogen and oxygen atoms in total. The molecule has 4 rings (SSSR count). The standard InChI is InChI=1S/C20H17N7O2/c1-14-10-18(25-20(24-14)16-4-2-5-17(12-16)27(28)29)22-13-15-6-8-21-19(11-15)26-9-3-7-23-26/h2-12H,13H2,1H3,(H,22,24,25). The van der Waals surface area contributed by atoms with E-state index in [4.69, 9.17) is 0 Å². The Kier molecular flexibility index (Phi) is 4.93. The number of nitro groups is 1. The monoisotopic (exact) mass is 387 g/mol. The molecule has 0 radical (unpaired) electrons. The van der Waals surface area contributed by atoms with Gasteiger partial charge >= 0.3 is 0 Å². The van der Waals surface area contributed by atoms with Gasteiger partial charge in [-0.15, -0.1) is 0 Å². The zero-order chi connectivity index (χ0) is 20.2. The van der Waals surface area contributed by atoms with Crippen LogP contribution in [0, 0.1) is 17.0 Å². The highest BCUT2D eigenvalue weighted by molar-refractivity contribution is 5.61. The normalized spacial score (nSPS) is 10.7. The van der Waals surface area contributed by atoms with Crippen LogP contribution in [0.2, 0.25) is 0 Å². The van der Waals surface area contributed by atoms with Crippen LogP contribution in [0.1, 0.15) is 11.3 Å². The third kappa shape index (κ3) is 4.24. The molecule has 0 saturated heterocycles. The van der Waals surface area contributed by atoms with Gasteiger partial charge in [-0.05, 0) is 30.7 Å². The molecule has 144 valence electrons. The number of benzene rings is 1. The molecular weight excluding hydrogens is 370 g/mol. The van der Waals surface area contributed by atoms with E-state index in [2.05, 4.69) is 25.4 Å². The lowest BCUT2D eigenvalue weighted by atomic mass is 10.2. The van der Waals surface area contributed by atoms with Crippen LogP contribution in [0.4, 0.5) is 11.5 Å². The Morgan fingerprint density at radius 2 is 2.00 bits per heavy atom. The minimum atomic E-state index is -0.431. The van der Waals surface area contributed by atoms with E-state index in [1.54, 1.807) is 29.2 Å². The molecule has 0 atom stereocenters. The number of aryl methyl sites for hydroxylation is 1. The van der Waals surface area contributed by atoms with Gasteiger partial charge in [-0.3, -0.25) is 10.1 Å². The van der Waals surface area contributed by atoms with E-state index in [9.17, 15) is 10.1 Å². The lowest BCUT2D eigenvalue weighted by Gasteiger charge is -2.10. The number of rotatable bonds is 6. The van der Waals surface area contributed by atoms with Crippen LogP contribution in [0.25, 0.3) is 17.2 Å². The summed E-state index contributed by atoms with van der Waals surface area (Å²) in [6.07, 6.45) is 5.26. The van der Waals surface area contributed by atoms with E-state index >= 15 is 0 Å². The number of anilines is 1. The van der Waals surface area contributed by atoms with Crippen LogP contribution in [-0.2, 0) is 6.54 Å². The molecule has 0 unspecified atom stereocenters. The second-order valence-corrected chi connectivity index (χ2v) is 6.35. The number of hydrogen-bond donors (Lipinski definition) is 1. The molecule has 3 heterocycles. The van der Waals surface area contributed by atoms with Crippen LogP contribution in [0.5, 0.6) is 0 Å². The van der Waals surface area contributed by atoms with Crippen molar-refractivity contribution in [3.63, 3.8) is 0 Å². The lowest BCUT2D eigenvalue weighted by Crippen LogP contribution is -2.05. The summed E-state index contributed by atoms with van der Waals surface area (Å²) in [4.78, 5) is 23.8. The zero-order valence-corrected chi connectivity index (χ0v) is 15.6. The number of hydrogen-bond acceptors (Lipinski definition) is 7. The van der Waals surface area contributed by atoms with Crippen molar-refractivity contribution < 1.29 is 4.92 Å². The van der Waals surface area contributed by atoms with E-state index in [1.165, 1.54) is 12.1 Å². The summed E-state index contributed by atoms with van der Waals surface area (Å²) in [6, 6.07) is 13.8. The Hall–Kier alpha value is -4.14. The van der Waals surface area contributed by atoms with Crippen LogP contribution in [0.15, 0.2) is 67.1 Å². The Morgan fingerprint density at radius 1 is 1.10 bits per heavy atom. The summed E-state index contributed by atoms with van der Waals surface area (Å²) < 4.78 is 1.69. The largest absolute Gasteiger partial charge is 0.366 e. The average molecular weight is 387 g/mol. The Morgan fingerprint density at radius 3 is 2.79 bits per heavy atom. The molecule has 1 N–H and O–H groups in total. The second kappa shape index (κ2) is 7.85. The van der Waals surface area contributed by atoms with Gasteiger partial charge in [-0.1, -0.05) is 12.1 Å². The molecule has 0 aliphatic carbocycles. The van der Waals surface area contributed by atoms with Crippen molar-refractivity contribution in [2.75, 3.05) is 5.32 Å². The van der Waals surface area contributed by atoms with Crippen LogP contribution < -0.4 is 5.32 Å². The fourth-order valence-corrected chi connectivity index (χ4v) is 2.84. The maximum absolute atomic E-state index is 11.0. The molecular formula is C20H17N7O2. The highest BCUT2D eigenvalue weighted by atomic mass is 16.6. The van der Waals surface area contributed by atoms with Crippen molar-refractivity contribution >= 4 is 11.5 Å². The van der Waals surface area contributed by atoms with Crippen molar-refractivity contribution in [2.24, 2.45) is 0 Å². The van der Waals surface area contributed by atoms with E-state index in [0.29, 0.717) is 23.8 Å². The molecule has 0 aliphatic heterocycles. The highest BCUT2D eigenvalue weighted by Crippen LogP contribution is 2.22. The predicted octanol–water partition coefficient (Wildman–Crippen LogP) is 3.55. The molecule has 1 aromatic carbocycles. The van der Waals surface area contributed by atoms with E-state index in [-0.39, 0.29) is 5.69 Å². The van der Waals surface area contributed by atoms with Gasteiger partial charge in [0.05, 0.1) is 4.92 Å². The summed E-state index contributed by atoms with van der Waals surface area (Å²) in [5.41, 5.74) is 2.37. The molecule has 0 aliphatic rings. The molecule has 0 amide bonds. The quantitative estimate of drug-likeness (QED) is 0.398. The molecule has 0 fully saturated rings. The lowest BCUT2D eigenvalue weighted by molar-refractivity contribution is -0.384. The Labute approximate surface area is 166 Å². The first kappa shape index (κ1) is 18.2. The van der Waals surface area contributed by atoms with Gasteiger partial charge in [0.1, 0.15) is 5.82 Å². The first-order chi connectivity index (χ1) is 14.1. The number of nitrogens with one attached hydrogen (secondary N) is 1. The number of non-ortho nitro benzene ring substituents is 1. The third-order valence-electron chi connectivity index (χ3n) is 4.19. The Bertz CT molecular complexity index is 1160. The van der Waals surface area contributed by atoms with Crippen LogP contribution in [-0.4, -0.2) is 29.7 Å². The smallest absolute Gasteiger partial charge is 0.270 e. The summed E-state index contributed by atoms with van der Waals surface area (Å²) in [5, 5.41) is 18.5. The molecule has 29 heavy (non-hydrogen) atoms. The number of nitro benzene ring substituents is 1. The van der Waals surface area contributed by atoms with E-state index in [1.807, 2.05) is 37.4 Å². The van der Waals surface area contributed by atoms with Crippen molar-refractivity contribution in [3.05, 3.63) is 88.5 Å². The molecule has 0 saturated carbocycles. The zero-order valence-electron chi connectivity index (χ0n) is 15.6. The van der Waals surface area contributed by atoms with Gasteiger partial charge in [0.15, 0.2) is 11.6 Å². The first-order valence-corrected chi connectivity index (χ1v) is 8.88. The highest BCUT2D eigenvalue weighted by Gasteiger charge is 2.11.